The second-order valence-electron chi connectivity index (χ2n) is 9.38. The first-order valence-electron chi connectivity index (χ1n) is 11.4. The van der Waals surface area contributed by atoms with E-state index < -0.39 is 6.10 Å². The van der Waals surface area contributed by atoms with Crippen molar-refractivity contribution in [1.29, 1.82) is 0 Å². The summed E-state index contributed by atoms with van der Waals surface area (Å²) in [6.45, 7) is 8.83. The van der Waals surface area contributed by atoms with Crippen molar-refractivity contribution in [2.24, 2.45) is 0 Å². The van der Waals surface area contributed by atoms with E-state index in [9.17, 15) is 9.59 Å². The molecule has 0 radical (unpaired) electrons. The van der Waals surface area contributed by atoms with Crippen LogP contribution in [-0.2, 0) is 10.2 Å². The van der Waals surface area contributed by atoms with Crippen molar-refractivity contribution >= 4 is 23.2 Å². The predicted octanol–water partition coefficient (Wildman–Crippen LogP) is 5.43. The maximum absolute atomic E-state index is 12.9. The molecule has 0 aromatic heterocycles. The van der Waals surface area contributed by atoms with Crippen LogP contribution in [0.4, 0.5) is 11.4 Å². The van der Waals surface area contributed by atoms with Crippen LogP contribution in [0.5, 0.6) is 11.5 Å². The fourth-order valence-electron chi connectivity index (χ4n) is 3.81. The van der Waals surface area contributed by atoms with Crippen molar-refractivity contribution in [2.45, 2.75) is 39.2 Å². The first-order chi connectivity index (χ1) is 16.2. The van der Waals surface area contributed by atoms with Gasteiger partial charge in [-0.25, -0.2) is 0 Å². The SMILES string of the molecule is CC1Oc2ccc(NC(=O)c3ccc(C(C)(C)C)cc3)cc2N(CCOc2ccccc2)C1=O. The lowest BCUT2D eigenvalue weighted by atomic mass is 9.87. The van der Waals surface area contributed by atoms with Crippen LogP contribution in [0.2, 0.25) is 0 Å². The molecular formula is C28H30N2O4. The molecule has 6 nitrogen and oxygen atoms in total. The van der Waals surface area contributed by atoms with Gasteiger partial charge in [0.15, 0.2) is 6.10 Å². The third-order valence-electron chi connectivity index (χ3n) is 5.77. The van der Waals surface area contributed by atoms with Gasteiger partial charge in [-0.05, 0) is 60.4 Å². The Kier molecular flexibility index (Phi) is 6.59. The van der Waals surface area contributed by atoms with Gasteiger partial charge >= 0.3 is 0 Å². The zero-order valence-corrected chi connectivity index (χ0v) is 20.0. The number of nitrogens with zero attached hydrogens (tertiary/aromatic N) is 1. The fraction of sp³-hybridized carbons (Fsp3) is 0.286. The minimum Gasteiger partial charge on any atom is -0.492 e. The quantitative estimate of drug-likeness (QED) is 0.535. The van der Waals surface area contributed by atoms with E-state index in [1.165, 1.54) is 0 Å². The van der Waals surface area contributed by atoms with Crippen LogP contribution in [0, 0.1) is 0 Å². The Morgan fingerprint density at radius 3 is 2.41 bits per heavy atom. The van der Waals surface area contributed by atoms with Crippen LogP contribution in [0.25, 0.3) is 0 Å². The molecule has 0 spiro atoms. The smallest absolute Gasteiger partial charge is 0.267 e. The highest BCUT2D eigenvalue weighted by Gasteiger charge is 2.31. The summed E-state index contributed by atoms with van der Waals surface area (Å²) in [5, 5.41) is 2.93. The molecule has 1 atom stereocenters. The molecule has 1 N–H and O–H groups in total. The number of ether oxygens (including phenoxy) is 2. The third-order valence-corrected chi connectivity index (χ3v) is 5.77. The summed E-state index contributed by atoms with van der Waals surface area (Å²) in [5.41, 5.74) is 2.95. The maximum Gasteiger partial charge on any atom is 0.267 e. The molecule has 0 aliphatic carbocycles. The summed E-state index contributed by atoms with van der Waals surface area (Å²) in [6, 6.07) is 22.4. The number of anilines is 2. The van der Waals surface area contributed by atoms with E-state index in [1.807, 2.05) is 54.6 Å². The molecule has 176 valence electrons. The number of para-hydroxylation sites is 1. The standard InChI is InChI=1S/C28H30N2O4/c1-19-27(32)30(16-17-33-23-8-6-5-7-9-23)24-18-22(14-15-25(24)34-19)29-26(31)20-10-12-21(13-11-20)28(2,3)4/h5-15,18-19H,16-17H2,1-4H3,(H,29,31). The van der Waals surface area contributed by atoms with Crippen LogP contribution >= 0.6 is 0 Å². The normalized spacial score (nSPS) is 15.4. The summed E-state index contributed by atoms with van der Waals surface area (Å²) >= 11 is 0. The zero-order chi connectivity index (χ0) is 24.3. The highest BCUT2D eigenvalue weighted by Crippen LogP contribution is 2.36. The molecule has 3 aromatic rings. The molecule has 0 fully saturated rings. The molecule has 1 unspecified atom stereocenters. The van der Waals surface area contributed by atoms with E-state index >= 15 is 0 Å². The lowest BCUT2D eigenvalue weighted by Gasteiger charge is -2.33. The van der Waals surface area contributed by atoms with Crippen LogP contribution in [0.15, 0.2) is 72.8 Å². The van der Waals surface area contributed by atoms with Gasteiger partial charge < -0.3 is 19.7 Å². The zero-order valence-electron chi connectivity index (χ0n) is 20.0. The largest absolute Gasteiger partial charge is 0.492 e. The number of benzene rings is 3. The molecule has 2 amide bonds. The van der Waals surface area contributed by atoms with E-state index in [2.05, 4.69) is 26.1 Å². The van der Waals surface area contributed by atoms with E-state index in [-0.39, 0.29) is 17.2 Å². The number of carbonyl (C=O) groups is 2. The Balaban J connectivity index is 1.49. The highest BCUT2D eigenvalue weighted by atomic mass is 16.5. The Morgan fingerprint density at radius 1 is 1.03 bits per heavy atom. The Hall–Kier alpha value is -3.80. The van der Waals surface area contributed by atoms with Crippen molar-refractivity contribution in [3.8, 4) is 11.5 Å². The number of carbonyl (C=O) groups excluding carboxylic acids is 2. The molecule has 1 aliphatic rings. The van der Waals surface area contributed by atoms with Gasteiger partial charge in [-0.15, -0.1) is 0 Å². The molecule has 0 bridgehead atoms. The second-order valence-corrected chi connectivity index (χ2v) is 9.38. The topological polar surface area (TPSA) is 67.9 Å². The van der Waals surface area contributed by atoms with Crippen molar-refractivity contribution in [2.75, 3.05) is 23.4 Å². The first kappa shape index (κ1) is 23.4. The average molecular weight is 459 g/mol. The van der Waals surface area contributed by atoms with Gasteiger partial charge in [-0.2, -0.15) is 0 Å². The number of rotatable bonds is 6. The molecular weight excluding hydrogens is 428 g/mol. The summed E-state index contributed by atoms with van der Waals surface area (Å²) in [5.74, 6) is 0.982. The summed E-state index contributed by atoms with van der Waals surface area (Å²) in [7, 11) is 0. The van der Waals surface area contributed by atoms with Gasteiger partial charge in [0.1, 0.15) is 18.1 Å². The Bertz CT molecular complexity index is 1170. The molecule has 1 aliphatic heterocycles. The van der Waals surface area contributed by atoms with Crippen molar-refractivity contribution < 1.29 is 19.1 Å². The van der Waals surface area contributed by atoms with Gasteiger partial charge in [-0.1, -0.05) is 51.1 Å². The van der Waals surface area contributed by atoms with Crippen molar-refractivity contribution in [3.05, 3.63) is 83.9 Å². The minimum atomic E-state index is -0.592. The predicted molar refractivity (Wildman–Crippen MR) is 134 cm³/mol. The highest BCUT2D eigenvalue weighted by molar-refractivity contribution is 6.05. The number of hydrogen-bond donors (Lipinski definition) is 1. The lowest BCUT2D eigenvalue weighted by Crippen LogP contribution is -2.46. The van der Waals surface area contributed by atoms with Gasteiger partial charge in [0, 0.05) is 11.3 Å². The van der Waals surface area contributed by atoms with Crippen LogP contribution in [-0.4, -0.2) is 31.1 Å². The number of nitrogens with one attached hydrogen (secondary N) is 1. The molecule has 1 heterocycles. The van der Waals surface area contributed by atoms with Gasteiger partial charge in [-0.3, -0.25) is 9.59 Å². The number of hydrogen-bond acceptors (Lipinski definition) is 4. The summed E-state index contributed by atoms with van der Waals surface area (Å²) < 4.78 is 11.6. The molecule has 0 saturated heterocycles. The van der Waals surface area contributed by atoms with Crippen LogP contribution in [0.3, 0.4) is 0 Å². The Morgan fingerprint density at radius 2 is 1.74 bits per heavy atom. The lowest BCUT2D eigenvalue weighted by molar-refractivity contribution is -0.125. The monoisotopic (exact) mass is 458 g/mol. The first-order valence-corrected chi connectivity index (χ1v) is 11.4. The van der Waals surface area contributed by atoms with E-state index in [0.717, 1.165) is 11.3 Å². The molecule has 0 saturated carbocycles. The summed E-state index contributed by atoms with van der Waals surface area (Å²) in [4.78, 5) is 27.3. The Labute approximate surface area is 200 Å². The fourth-order valence-corrected chi connectivity index (χ4v) is 3.81. The molecule has 3 aromatic carbocycles. The number of amides is 2. The average Bonchev–Trinajstić information content (AvgIpc) is 2.82. The molecule has 4 rings (SSSR count). The van der Waals surface area contributed by atoms with Crippen LogP contribution < -0.4 is 19.7 Å². The van der Waals surface area contributed by atoms with Gasteiger partial charge in [0.2, 0.25) is 0 Å². The molecule has 34 heavy (non-hydrogen) atoms. The van der Waals surface area contributed by atoms with E-state index in [4.69, 9.17) is 9.47 Å². The van der Waals surface area contributed by atoms with E-state index in [1.54, 1.807) is 30.0 Å². The number of fused-ring (bicyclic) bond motifs is 1. The van der Waals surface area contributed by atoms with Crippen LogP contribution in [0.1, 0.15) is 43.6 Å². The minimum absolute atomic E-state index is 0.0187. The summed E-state index contributed by atoms with van der Waals surface area (Å²) in [6.07, 6.45) is -0.592. The van der Waals surface area contributed by atoms with Gasteiger partial charge in [0.25, 0.3) is 11.8 Å². The molecule has 6 heteroatoms. The van der Waals surface area contributed by atoms with Crippen molar-refractivity contribution in [1.82, 2.24) is 0 Å². The third kappa shape index (κ3) is 5.22. The van der Waals surface area contributed by atoms with Gasteiger partial charge in [0.05, 0.1) is 12.2 Å². The van der Waals surface area contributed by atoms with E-state index in [0.29, 0.717) is 35.8 Å². The van der Waals surface area contributed by atoms with Crippen molar-refractivity contribution in [3.63, 3.8) is 0 Å². The second kappa shape index (κ2) is 9.59. The maximum atomic E-state index is 12.9.